The van der Waals surface area contributed by atoms with E-state index in [1.54, 1.807) is 26.0 Å². The molecule has 1 N–H and O–H groups in total. The van der Waals surface area contributed by atoms with Crippen molar-refractivity contribution in [3.8, 4) is 0 Å². The molecule has 0 amide bonds. The molecule has 0 atom stereocenters. The fraction of sp³-hybridized carbons (Fsp3) is 0.333. The van der Waals surface area contributed by atoms with Gasteiger partial charge in [-0.25, -0.2) is 0 Å². The van der Waals surface area contributed by atoms with Gasteiger partial charge in [0.25, 0.3) is 0 Å². The summed E-state index contributed by atoms with van der Waals surface area (Å²) >= 11 is 0.988. The first-order chi connectivity index (χ1) is 7.69. The van der Waals surface area contributed by atoms with Gasteiger partial charge in [-0.1, -0.05) is 12.1 Å². The molecule has 2 aromatic rings. The molecule has 1 aromatic heterocycles. The molecule has 0 aliphatic carbocycles. The number of aliphatic hydroxyl groups is 1. The van der Waals surface area contributed by atoms with Crippen LogP contribution in [0, 0.1) is 0 Å². The van der Waals surface area contributed by atoms with Crippen molar-refractivity contribution in [3.05, 3.63) is 34.7 Å². The normalized spacial score (nSPS) is 13.3. The van der Waals surface area contributed by atoms with Crippen molar-refractivity contribution < 1.29 is 18.3 Å². The summed E-state index contributed by atoms with van der Waals surface area (Å²) in [5.74, 6) is 0. The Labute approximate surface area is 101 Å². The Balaban J connectivity index is 2.70. The molecule has 0 aliphatic rings. The quantitative estimate of drug-likeness (QED) is 0.816. The summed E-state index contributed by atoms with van der Waals surface area (Å²) in [6.07, 6.45) is -4.36. The number of hydrogen-bond donors (Lipinski definition) is 1. The van der Waals surface area contributed by atoms with Gasteiger partial charge in [-0.3, -0.25) is 0 Å². The van der Waals surface area contributed by atoms with E-state index in [1.807, 2.05) is 0 Å². The van der Waals surface area contributed by atoms with Crippen molar-refractivity contribution in [2.24, 2.45) is 0 Å². The Hall–Kier alpha value is -1.07. The SMILES string of the molecule is CC(C)(O)c1cc2cccc(C(F)(F)F)c2s1. The van der Waals surface area contributed by atoms with Crippen LogP contribution in [0.15, 0.2) is 24.3 Å². The lowest BCUT2D eigenvalue weighted by Crippen LogP contribution is -2.12. The van der Waals surface area contributed by atoms with Crippen LogP contribution in [0.3, 0.4) is 0 Å². The molecule has 1 heterocycles. The molecule has 17 heavy (non-hydrogen) atoms. The fourth-order valence-electron chi connectivity index (χ4n) is 1.59. The number of halogens is 3. The highest BCUT2D eigenvalue weighted by Crippen LogP contribution is 2.40. The summed E-state index contributed by atoms with van der Waals surface area (Å²) in [4.78, 5) is 0.532. The highest BCUT2D eigenvalue weighted by molar-refractivity contribution is 7.19. The fourth-order valence-corrected chi connectivity index (χ4v) is 2.78. The third-order valence-corrected chi connectivity index (χ3v) is 3.95. The van der Waals surface area contributed by atoms with Crippen LogP contribution in [-0.4, -0.2) is 5.11 Å². The summed E-state index contributed by atoms with van der Waals surface area (Å²) < 4.78 is 38.5. The third-order valence-electron chi connectivity index (χ3n) is 2.45. The molecule has 5 heteroatoms. The summed E-state index contributed by atoms with van der Waals surface area (Å²) in [7, 11) is 0. The molecule has 0 saturated carbocycles. The van der Waals surface area contributed by atoms with Gasteiger partial charge in [-0.15, -0.1) is 11.3 Å². The Morgan fingerprint density at radius 1 is 1.18 bits per heavy atom. The van der Waals surface area contributed by atoms with Crippen LogP contribution in [0.25, 0.3) is 10.1 Å². The van der Waals surface area contributed by atoms with Gasteiger partial charge >= 0.3 is 6.18 Å². The zero-order valence-corrected chi connectivity index (χ0v) is 10.1. The van der Waals surface area contributed by atoms with Gasteiger partial charge in [0.05, 0.1) is 11.2 Å². The first-order valence-electron chi connectivity index (χ1n) is 5.02. The summed E-state index contributed by atoms with van der Waals surface area (Å²) in [5, 5.41) is 10.3. The standard InChI is InChI=1S/C12H11F3OS/c1-11(2,16)9-6-7-4-3-5-8(10(7)17-9)12(13,14)15/h3-6,16H,1-2H3. The molecule has 0 aliphatic heterocycles. The van der Waals surface area contributed by atoms with Crippen LogP contribution < -0.4 is 0 Å². The maximum absolute atomic E-state index is 12.8. The van der Waals surface area contributed by atoms with Crippen LogP contribution in [0.4, 0.5) is 13.2 Å². The van der Waals surface area contributed by atoms with Gasteiger partial charge < -0.3 is 5.11 Å². The van der Waals surface area contributed by atoms with Gasteiger partial charge in [0, 0.05) is 9.58 Å². The van der Waals surface area contributed by atoms with Crippen LogP contribution in [-0.2, 0) is 11.8 Å². The molecule has 0 saturated heterocycles. The third kappa shape index (κ3) is 2.30. The van der Waals surface area contributed by atoms with Crippen LogP contribution in [0.5, 0.6) is 0 Å². The average molecular weight is 260 g/mol. The molecule has 1 aromatic carbocycles. The number of hydrogen-bond acceptors (Lipinski definition) is 2. The maximum Gasteiger partial charge on any atom is 0.417 e. The van der Waals surface area contributed by atoms with Crippen LogP contribution in [0.2, 0.25) is 0 Å². The highest BCUT2D eigenvalue weighted by Gasteiger charge is 2.33. The number of rotatable bonds is 1. The van der Waals surface area contributed by atoms with E-state index in [0.29, 0.717) is 10.3 Å². The Bertz CT molecular complexity index is 549. The lowest BCUT2D eigenvalue weighted by molar-refractivity contribution is -0.136. The van der Waals surface area contributed by atoms with E-state index < -0.39 is 17.3 Å². The van der Waals surface area contributed by atoms with Gasteiger partial charge in [-0.05, 0) is 31.4 Å². The van der Waals surface area contributed by atoms with Gasteiger partial charge in [0.1, 0.15) is 0 Å². The topological polar surface area (TPSA) is 20.2 Å². The predicted octanol–water partition coefficient (Wildman–Crippen LogP) is 4.15. The Morgan fingerprint density at radius 2 is 1.82 bits per heavy atom. The minimum absolute atomic E-state index is 0.178. The van der Waals surface area contributed by atoms with E-state index >= 15 is 0 Å². The molecule has 0 radical (unpaired) electrons. The second kappa shape index (κ2) is 3.71. The van der Waals surface area contributed by atoms with Crippen molar-refractivity contribution in [2.45, 2.75) is 25.6 Å². The number of alkyl halides is 3. The zero-order valence-electron chi connectivity index (χ0n) is 9.30. The molecule has 2 rings (SSSR count). The minimum atomic E-state index is -4.36. The number of thiophene rings is 1. The van der Waals surface area contributed by atoms with Crippen molar-refractivity contribution in [1.29, 1.82) is 0 Å². The van der Waals surface area contributed by atoms with E-state index in [0.717, 1.165) is 17.4 Å². The molecule has 92 valence electrons. The summed E-state index contributed by atoms with van der Waals surface area (Å²) in [6.45, 7) is 3.12. The lowest BCUT2D eigenvalue weighted by atomic mass is 10.1. The monoisotopic (exact) mass is 260 g/mol. The van der Waals surface area contributed by atoms with Crippen molar-refractivity contribution in [3.63, 3.8) is 0 Å². The largest absolute Gasteiger partial charge is 0.417 e. The minimum Gasteiger partial charge on any atom is -0.385 e. The van der Waals surface area contributed by atoms with E-state index in [1.165, 1.54) is 6.07 Å². The van der Waals surface area contributed by atoms with Gasteiger partial charge in [0.15, 0.2) is 0 Å². The van der Waals surface area contributed by atoms with E-state index in [-0.39, 0.29) is 4.70 Å². The van der Waals surface area contributed by atoms with Crippen LogP contribution in [0.1, 0.15) is 24.3 Å². The van der Waals surface area contributed by atoms with Crippen molar-refractivity contribution in [1.82, 2.24) is 0 Å². The van der Waals surface area contributed by atoms with Crippen LogP contribution >= 0.6 is 11.3 Å². The average Bonchev–Trinajstić information content (AvgIpc) is 2.57. The first kappa shape index (κ1) is 12.4. The van der Waals surface area contributed by atoms with E-state index in [2.05, 4.69) is 0 Å². The number of benzene rings is 1. The summed E-state index contributed by atoms with van der Waals surface area (Å²) in [6, 6.07) is 5.67. The molecule has 1 nitrogen and oxygen atoms in total. The molecular weight excluding hydrogens is 249 g/mol. The zero-order chi connectivity index (χ0) is 12.8. The highest BCUT2D eigenvalue weighted by atomic mass is 32.1. The summed E-state index contributed by atoms with van der Waals surface area (Å²) in [5.41, 5.74) is -1.76. The molecule has 0 unspecified atom stereocenters. The number of fused-ring (bicyclic) bond motifs is 1. The second-order valence-electron chi connectivity index (χ2n) is 4.39. The Morgan fingerprint density at radius 3 is 2.35 bits per heavy atom. The van der Waals surface area contributed by atoms with E-state index in [9.17, 15) is 18.3 Å². The van der Waals surface area contributed by atoms with E-state index in [4.69, 9.17) is 0 Å². The maximum atomic E-state index is 12.8. The molecule has 0 fully saturated rings. The van der Waals surface area contributed by atoms with Gasteiger partial charge in [0.2, 0.25) is 0 Å². The van der Waals surface area contributed by atoms with Crippen molar-refractivity contribution in [2.75, 3.05) is 0 Å². The predicted molar refractivity (Wildman–Crippen MR) is 62.1 cm³/mol. The molecular formula is C12H11F3OS. The second-order valence-corrected chi connectivity index (χ2v) is 5.44. The van der Waals surface area contributed by atoms with Crippen molar-refractivity contribution >= 4 is 21.4 Å². The first-order valence-corrected chi connectivity index (χ1v) is 5.84. The smallest absolute Gasteiger partial charge is 0.385 e. The van der Waals surface area contributed by atoms with Gasteiger partial charge in [-0.2, -0.15) is 13.2 Å². The molecule has 0 bridgehead atoms. The molecule has 0 spiro atoms. The Kier molecular flexibility index (Phi) is 2.71. The lowest BCUT2D eigenvalue weighted by Gasteiger charge is -2.13.